The average molecular weight is 352 g/mol. The van der Waals surface area contributed by atoms with E-state index in [1.807, 2.05) is 32.0 Å². The van der Waals surface area contributed by atoms with Crippen LogP contribution in [-0.2, 0) is 6.54 Å². The molecule has 0 bridgehead atoms. The van der Waals surface area contributed by atoms with Crippen molar-refractivity contribution in [2.45, 2.75) is 20.4 Å². The van der Waals surface area contributed by atoms with Crippen molar-refractivity contribution in [2.75, 3.05) is 19.0 Å². The zero-order valence-corrected chi connectivity index (χ0v) is 15.1. The molecule has 3 rings (SSSR count). The zero-order chi connectivity index (χ0) is 18.7. The Hall–Kier alpha value is -3.36. The third kappa shape index (κ3) is 4.00. The van der Waals surface area contributed by atoms with E-state index in [-0.39, 0.29) is 18.1 Å². The molecule has 134 valence electrons. The lowest BCUT2D eigenvalue weighted by molar-refractivity contribution is 0.0944. The van der Waals surface area contributed by atoms with Gasteiger partial charge in [-0.1, -0.05) is 0 Å². The fourth-order valence-corrected chi connectivity index (χ4v) is 2.36. The molecule has 3 heterocycles. The highest BCUT2D eigenvalue weighted by atomic mass is 16.1. The molecule has 0 saturated heterocycles. The number of anilines is 1. The normalized spacial score (nSPS) is 10.6. The van der Waals surface area contributed by atoms with Gasteiger partial charge in [-0.05, 0) is 19.9 Å². The van der Waals surface area contributed by atoms with Crippen LogP contribution in [0, 0.1) is 13.8 Å². The predicted molar refractivity (Wildman–Crippen MR) is 96.2 cm³/mol. The van der Waals surface area contributed by atoms with Gasteiger partial charge in [-0.2, -0.15) is 5.10 Å². The smallest absolute Gasteiger partial charge is 0.270 e. The first kappa shape index (κ1) is 17.5. The van der Waals surface area contributed by atoms with E-state index in [0.717, 1.165) is 11.5 Å². The van der Waals surface area contributed by atoms with Crippen LogP contribution < -0.4 is 10.2 Å². The van der Waals surface area contributed by atoms with Crippen molar-refractivity contribution >= 4 is 11.7 Å². The van der Waals surface area contributed by atoms with Crippen molar-refractivity contribution in [1.29, 1.82) is 0 Å². The molecular formula is C17H20N8O. The number of amides is 1. The monoisotopic (exact) mass is 352 g/mol. The Labute approximate surface area is 151 Å². The van der Waals surface area contributed by atoms with Gasteiger partial charge in [0.15, 0.2) is 5.82 Å². The zero-order valence-electron chi connectivity index (χ0n) is 15.1. The fourth-order valence-electron chi connectivity index (χ4n) is 2.36. The lowest BCUT2D eigenvalue weighted by Crippen LogP contribution is -2.26. The van der Waals surface area contributed by atoms with Crippen LogP contribution in [0.5, 0.6) is 0 Å². The highest BCUT2D eigenvalue weighted by Crippen LogP contribution is 2.10. The topological polar surface area (TPSA) is 102 Å². The van der Waals surface area contributed by atoms with E-state index in [1.165, 1.54) is 0 Å². The third-order valence-electron chi connectivity index (χ3n) is 3.55. The largest absolute Gasteiger partial charge is 0.363 e. The van der Waals surface area contributed by atoms with Crippen molar-refractivity contribution in [2.24, 2.45) is 0 Å². The maximum absolute atomic E-state index is 12.5. The van der Waals surface area contributed by atoms with Gasteiger partial charge in [-0.15, -0.1) is 0 Å². The van der Waals surface area contributed by atoms with Crippen molar-refractivity contribution in [3.05, 3.63) is 53.6 Å². The second-order valence-electron chi connectivity index (χ2n) is 5.97. The molecule has 1 amide bonds. The summed E-state index contributed by atoms with van der Waals surface area (Å²) in [6.07, 6.45) is 3.40. The SMILES string of the molecule is Cc1cc(N(C)C)nc(CNC(=O)c2cc(-n3cccn3)nc(C)n2)n1. The number of carbonyl (C=O) groups is 1. The third-order valence-corrected chi connectivity index (χ3v) is 3.55. The summed E-state index contributed by atoms with van der Waals surface area (Å²) in [5, 5.41) is 6.93. The van der Waals surface area contributed by atoms with Crippen LogP contribution in [0.2, 0.25) is 0 Å². The van der Waals surface area contributed by atoms with E-state index in [4.69, 9.17) is 0 Å². The molecule has 3 aromatic rings. The van der Waals surface area contributed by atoms with Crippen LogP contribution in [0.4, 0.5) is 5.82 Å². The van der Waals surface area contributed by atoms with Gasteiger partial charge in [-0.25, -0.2) is 24.6 Å². The number of hydrogen-bond donors (Lipinski definition) is 1. The van der Waals surface area contributed by atoms with Gasteiger partial charge in [0.05, 0.1) is 6.54 Å². The van der Waals surface area contributed by atoms with Gasteiger partial charge in [-0.3, -0.25) is 4.79 Å². The second-order valence-corrected chi connectivity index (χ2v) is 5.97. The van der Waals surface area contributed by atoms with Crippen LogP contribution in [0.1, 0.15) is 27.8 Å². The lowest BCUT2D eigenvalue weighted by atomic mass is 10.3. The molecule has 0 fully saturated rings. The molecule has 9 nitrogen and oxygen atoms in total. The summed E-state index contributed by atoms with van der Waals surface area (Å²) in [6, 6.07) is 5.27. The van der Waals surface area contributed by atoms with Gasteiger partial charge in [0, 0.05) is 44.3 Å². The van der Waals surface area contributed by atoms with Crippen LogP contribution in [0.3, 0.4) is 0 Å². The minimum Gasteiger partial charge on any atom is -0.363 e. The van der Waals surface area contributed by atoms with Crippen LogP contribution >= 0.6 is 0 Å². The van der Waals surface area contributed by atoms with E-state index in [0.29, 0.717) is 17.5 Å². The molecule has 0 aliphatic rings. The molecule has 0 spiro atoms. The number of aryl methyl sites for hydroxylation is 2. The fraction of sp³-hybridized carbons (Fsp3) is 0.294. The molecule has 1 N–H and O–H groups in total. The van der Waals surface area contributed by atoms with Gasteiger partial charge >= 0.3 is 0 Å². The van der Waals surface area contributed by atoms with Gasteiger partial charge < -0.3 is 10.2 Å². The van der Waals surface area contributed by atoms with Gasteiger partial charge in [0.25, 0.3) is 5.91 Å². The highest BCUT2D eigenvalue weighted by Gasteiger charge is 2.13. The Morgan fingerprint density at radius 2 is 1.96 bits per heavy atom. The molecule has 0 aromatic carbocycles. The van der Waals surface area contributed by atoms with Crippen LogP contribution in [0.25, 0.3) is 5.82 Å². The van der Waals surface area contributed by atoms with E-state index in [2.05, 4.69) is 30.4 Å². The molecule has 3 aromatic heterocycles. The highest BCUT2D eigenvalue weighted by molar-refractivity contribution is 5.92. The molecule has 0 radical (unpaired) electrons. The van der Waals surface area contributed by atoms with Crippen molar-refractivity contribution in [3.63, 3.8) is 0 Å². The minimum absolute atomic E-state index is 0.210. The van der Waals surface area contributed by atoms with E-state index < -0.39 is 0 Å². The van der Waals surface area contributed by atoms with E-state index >= 15 is 0 Å². The molecular weight excluding hydrogens is 332 g/mol. The number of nitrogens with zero attached hydrogens (tertiary/aromatic N) is 7. The summed E-state index contributed by atoms with van der Waals surface area (Å²) in [6.45, 7) is 3.84. The molecule has 0 aliphatic heterocycles. The first-order valence-electron chi connectivity index (χ1n) is 8.08. The lowest BCUT2D eigenvalue weighted by Gasteiger charge is -2.13. The summed E-state index contributed by atoms with van der Waals surface area (Å²) in [4.78, 5) is 31.7. The Kier molecular flexibility index (Phi) is 4.87. The van der Waals surface area contributed by atoms with Crippen molar-refractivity contribution < 1.29 is 4.79 Å². The second kappa shape index (κ2) is 7.26. The minimum atomic E-state index is -0.319. The molecule has 0 atom stereocenters. The first-order chi connectivity index (χ1) is 12.4. The van der Waals surface area contributed by atoms with E-state index in [1.54, 1.807) is 36.1 Å². The summed E-state index contributed by atoms with van der Waals surface area (Å²) < 4.78 is 1.58. The molecule has 26 heavy (non-hydrogen) atoms. The first-order valence-corrected chi connectivity index (χ1v) is 8.08. The number of carbonyl (C=O) groups excluding carboxylic acids is 1. The van der Waals surface area contributed by atoms with Gasteiger partial charge in [0.1, 0.15) is 23.2 Å². The maximum Gasteiger partial charge on any atom is 0.270 e. The Morgan fingerprint density at radius 3 is 2.65 bits per heavy atom. The summed E-state index contributed by atoms with van der Waals surface area (Å²) in [7, 11) is 3.81. The number of aromatic nitrogens is 6. The summed E-state index contributed by atoms with van der Waals surface area (Å²) in [5.74, 6) is 2.04. The maximum atomic E-state index is 12.5. The van der Waals surface area contributed by atoms with Crippen LogP contribution in [-0.4, -0.2) is 49.7 Å². The number of hydrogen-bond acceptors (Lipinski definition) is 7. The van der Waals surface area contributed by atoms with Crippen molar-refractivity contribution in [3.8, 4) is 5.82 Å². The Balaban J connectivity index is 1.77. The number of rotatable bonds is 5. The molecule has 0 saturated carbocycles. The average Bonchev–Trinajstić information content (AvgIpc) is 3.13. The Morgan fingerprint density at radius 1 is 1.15 bits per heavy atom. The Bertz CT molecular complexity index is 921. The summed E-state index contributed by atoms with van der Waals surface area (Å²) >= 11 is 0. The predicted octanol–water partition coefficient (Wildman–Crippen LogP) is 1.07. The summed E-state index contributed by atoms with van der Waals surface area (Å²) in [5.41, 5.74) is 1.11. The molecule has 0 unspecified atom stereocenters. The van der Waals surface area contributed by atoms with Crippen molar-refractivity contribution in [1.82, 2.24) is 35.0 Å². The van der Waals surface area contributed by atoms with Crippen LogP contribution in [0.15, 0.2) is 30.6 Å². The standard InChI is InChI=1S/C17H20N8O/c1-11-8-15(24(3)4)23-14(20-11)10-18-17(26)13-9-16(22-12(2)21-13)25-7-5-6-19-25/h5-9H,10H2,1-4H3,(H,18,26). The quantitative estimate of drug-likeness (QED) is 0.732. The molecule has 0 aliphatic carbocycles. The van der Waals surface area contributed by atoms with Gasteiger partial charge in [0.2, 0.25) is 0 Å². The van der Waals surface area contributed by atoms with E-state index in [9.17, 15) is 4.79 Å². The molecule has 9 heteroatoms. The number of nitrogens with one attached hydrogen (secondary N) is 1.